The van der Waals surface area contributed by atoms with Crippen LogP contribution in [-0.4, -0.2) is 31.6 Å². The number of nitrogens with zero attached hydrogens (tertiary/aromatic N) is 1. The molecule has 0 heterocycles. The number of nitrogens with one attached hydrogen (secondary N) is 1. The lowest BCUT2D eigenvalue weighted by Crippen LogP contribution is -2.35. The summed E-state index contributed by atoms with van der Waals surface area (Å²) in [7, 11) is 4.16. The monoisotopic (exact) mass is 304 g/mol. The quantitative estimate of drug-likeness (QED) is 0.899. The highest BCUT2D eigenvalue weighted by molar-refractivity contribution is 9.10. The molecule has 4 heteroatoms. The van der Waals surface area contributed by atoms with Gasteiger partial charge in [0.25, 0.3) is 0 Å². The third kappa shape index (κ3) is 5.30. The second kappa shape index (κ2) is 6.60. The molecule has 16 heavy (non-hydrogen) atoms. The van der Waals surface area contributed by atoms with Gasteiger partial charge in [-0.3, -0.25) is 0 Å². The van der Waals surface area contributed by atoms with E-state index in [1.54, 1.807) is 0 Å². The fraction of sp³-hybridized carbons (Fsp3) is 0.500. The van der Waals surface area contributed by atoms with E-state index in [2.05, 4.69) is 53.2 Å². The summed E-state index contributed by atoms with van der Waals surface area (Å²) in [6, 6.07) is 6.44. The van der Waals surface area contributed by atoms with Crippen molar-refractivity contribution in [3.63, 3.8) is 0 Å². The minimum absolute atomic E-state index is 0.466. The van der Waals surface area contributed by atoms with Crippen LogP contribution in [0.4, 0.5) is 0 Å². The molecule has 0 aromatic heterocycles. The van der Waals surface area contributed by atoms with E-state index in [4.69, 9.17) is 11.6 Å². The highest BCUT2D eigenvalue weighted by atomic mass is 79.9. The smallest absolute Gasteiger partial charge is 0.0420 e. The number of hydrogen-bond donors (Lipinski definition) is 1. The van der Waals surface area contributed by atoms with E-state index in [0.717, 1.165) is 22.6 Å². The third-order valence-corrected chi connectivity index (χ3v) is 2.89. The van der Waals surface area contributed by atoms with E-state index in [1.807, 2.05) is 12.1 Å². The largest absolute Gasteiger partial charge is 0.309 e. The zero-order chi connectivity index (χ0) is 12.1. The summed E-state index contributed by atoms with van der Waals surface area (Å²) in [5.74, 6) is 0. The predicted octanol–water partition coefficient (Wildman–Crippen LogP) is 3.14. The van der Waals surface area contributed by atoms with Gasteiger partial charge in [-0.15, -0.1) is 0 Å². The number of benzene rings is 1. The van der Waals surface area contributed by atoms with Gasteiger partial charge >= 0.3 is 0 Å². The van der Waals surface area contributed by atoms with Crippen molar-refractivity contribution in [3.05, 3.63) is 33.3 Å². The molecule has 0 amide bonds. The van der Waals surface area contributed by atoms with Crippen LogP contribution in [0.3, 0.4) is 0 Å². The van der Waals surface area contributed by atoms with Gasteiger partial charge in [-0.25, -0.2) is 0 Å². The van der Waals surface area contributed by atoms with Gasteiger partial charge in [0.05, 0.1) is 0 Å². The van der Waals surface area contributed by atoms with Crippen molar-refractivity contribution in [3.8, 4) is 0 Å². The highest BCUT2D eigenvalue weighted by Crippen LogP contribution is 2.19. The first-order valence-corrected chi connectivity index (χ1v) is 6.47. The molecule has 1 aromatic rings. The first-order chi connectivity index (χ1) is 7.47. The Labute approximate surface area is 111 Å². The molecule has 0 fully saturated rings. The van der Waals surface area contributed by atoms with Crippen LogP contribution in [0.5, 0.6) is 0 Å². The van der Waals surface area contributed by atoms with Crippen LogP contribution in [0.1, 0.15) is 12.5 Å². The zero-order valence-corrected chi connectivity index (χ0v) is 12.3. The Morgan fingerprint density at radius 3 is 2.62 bits per heavy atom. The lowest BCUT2D eigenvalue weighted by Gasteiger charge is -2.18. The Balaban J connectivity index is 2.48. The first-order valence-electron chi connectivity index (χ1n) is 5.30. The van der Waals surface area contributed by atoms with Gasteiger partial charge in [0, 0.05) is 28.6 Å². The fourth-order valence-electron chi connectivity index (χ4n) is 1.62. The summed E-state index contributed by atoms with van der Waals surface area (Å²) in [5.41, 5.74) is 1.20. The SMILES string of the molecule is CC(CN(C)C)NCc1cc(Cl)cc(Br)c1. The minimum Gasteiger partial charge on any atom is -0.309 e. The highest BCUT2D eigenvalue weighted by Gasteiger charge is 2.03. The van der Waals surface area contributed by atoms with Crippen molar-refractivity contribution in [2.24, 2.45) is 0 Å². The van der Waals surface area contributed by atoms with Gasteiger partial charge < -0.3 is 10.2 Å². The molecule has 0 radical (unpaired) electrons. The molecule has 2 nitrogen and oxygen atoms in total. The second-order valence-electron chi connectivity index (χ2n) is 4.32. The van der Waals surface area contributed by atoms with Crippen molar-refractivity contribution >= 4 is 27.5 Å². The summed E-state index contributed by atoms with van der Waals surface area (Å²) in [6.07, 6.45) is 0. The number of halogens is 2. The Morgan fingerprint density at radius 1 is 1.38 bits per heavy atom. The average molecular weight is 306 g/mol. The molecule has 90 valence electrons. The van der Waals surface area contributed by atoms with E-state index < -0.39 is 0 Å². The van der Waals surface area contributed by atoms with Gasteiger partial charge in [-0.1, -0.05) is 27.5 Å². The fourth-order valence-corrected chi connectivity index (χ4v) is 2.55. The number of hydrogen-bond acceptors (Lipinski definition) is 2. The van der Waals surface area contributed by atoms with Crippen LogP contribution in [0, 0.1) is 0 Å². The summed E-state index contributed by atoms with van der Waals surface area (Å²) in [6.45, 7) is 4.05. The normalized spacial score (nSPS) is 13.1. The summed E-state index contributed by atoms with van der Waals surface area (Å²) in [4.78, 5) is 2.17. The van der Waals surface area contributed by atoms with Crippen molar-refractivity contribution < 1.29 is 0 Å². The maximum atomic E-state index is 5.98. The van der Waals surface area contributed by atoms with Gasteiger partial charge in [0.15, 0.2) is 0 Å². The van der Waals surface area contributed by atoms with E-state index >= 15 is 0 Å². The maximum absolute atomic E-state index is 5.98. The van der Waals surface area contributed by atoms with Crippen LogP contribution in [0.25, 0.3) is 0 Å². The zero-order valence-electron chi connectivity index (χ0n) is 9.93. The van der Waals surface area contributed by atoms with Crippen molar-refractivity contribution in [1.29, 1.82) is 0 Å². The van der Waals surface area contributed by atoms with Crippen molar-refractivity contribution in [2.45, 2.75) is 19.5 Å². The molecule has 1 unspecified atom stereocenters. The predicted molar refractivity (Wildman–Crippen MR) is 74.0 cm³/mol. The number of likely N-dealkylation sites (N-methyl/N-ethyl adjacent to an activating group) is 1. The third-order valence-electron chi connectivity index (χ3n) is 2.22. The van der Waals surface area contributed by atoms with Gasteiger partial charge in [-0.05, 0) is 44.8 Å². The van der Waals surface area contributed by atoms with Crippen LogP contribution in [0.2, 0.25) is 5.02 Å². The standard InChI is InChI=1S/C12H18BrClN2/c1-9(8-16(2)3)15-7-10-4-11(13)6-12(14)5-10/h4-6,9,15H,7-8H2,1-3H3. The lowest BCUT2D eigenvalue weighted by molar-refractivity contribution is 0.349. The van der Waals surface area contributed by atoms with Crippen LogP contribution >= 0.6 is 27.5 Å². The molecule has 0 aliphatic carbocycles. The molecule has 1 aromatic carbocycles. The molecule has 0 saturated heterocycles. The van der Waals surface area contributed by atoms with Gasteiger partial charge in [-0.2, -0.15) is 0 Å². The number of rotatable bonds is 5. The van der Waals surface area contributed by atoms with Crippen molar-refractivity contribution in [2.75, 3.05) is 20.6 Å². The first kappa shape index (κ1) is 14.0. The molecule has 1 atom stereocenters. The molecule has 0 aliphatic heterocycles. The molecule has 1 rings (SSSR count). The van der Waals surface area contributed by atoms with E-state index in [1.165, 1.54) is 5.56 Å². The summed E-state index contributed by atoms with van der Waals surface area (Å²) < 4.78 is 1.03. The summed E-state index contributed by atoms with van der Waals surface area (Å²) in [5, 5.41) is 4.23. The Kier molecular flexibility index (Phi) is 5.76. The van der Waals surface area contributed by atoms with Crippen LogP contribution < -0.4 is 5.32 Å². The molecular formula is C12H18BrClN2. The second-order valence-corrected chi connectivity index (χ2v) is 5.67. The van der Waals surface area contributed by atoms with Gasteiger partial charge in [0.2, 0.25) is 0 Å². The Morgan fingerprint density at radius 2 is 2.06 bits per heavy atom. The lowest BCUT2D eigenvalue weighted by atomic mass is 10.2. The van der Waals surface area contributed by atoms with E-state index in [9.17, 15) is 0 Å². The van der Waals surface area contributed by atoms with Gasteiger partial charge in [0.1, 0.15) is 0 Å². The maximum Gasteiger partial charge on any atom is 0.0420 e. The van der Waals surface area contributed by atoms with Crippen LogP contribution in [0.15, 0.2) is 22.7 Å². The minimum atomic E-state index is 0.466. The van der Waals surface area contributed by atoms with E-state index in [-0.39, 0.29) is 0 Å². The molecular weight excluding hydrogens is 288 g/mol. The van der Waals surface area contributed by atoms with E-state index in [0.29, 0.717) is 6.04 Å². The average Bonchev–Trinajstić information content (AvgIpc) is 2.12. The molecule has 1 N–H and O–H groups in total. The molecule has 0 saturated carbocycles. The summed E-state index contributed by atoms with van der Waals surface area (Å²) >= 11 is 9.42. The Bertz CT molecular complexity index is 322. The topological polar surface area (TPSA) is 15.3 Å². The van der Waals surface area contributed by atoms with Crippen LogP contribution in [-0.2, 0) is 6.54 Å². The molecule has 0 spiro atoms. The van der Waals surface area contributed by atoms with Crippen molar-refractivity contribution in [1.82, 2.24) is 10.2 Å². The molecule has 0 aliphatic rings. The Hall–Kier alpha value is -0.0900. The molecule has 0 bridgehead atoms.